The third-order valence-corrected chi connectivity index (χ3v) is 5.93. The molecule has 1 amide bonds. The summed E-state index contributed by atoms with van der Waals surface area (Å²) in [6.45, 7) is 0.199. The maximum absolute atomic E-state index is 12.9. The molecule has 0 saturated heterocycles. The highest BCUT2D eigenvalue weighted by atomic mass is 32.2. The second-order valence-electron chi connectivity index (χ2n) is 6.90. The van der Waals surface area contributed by atoms with Crippen LogP contribution in [0.3, 0.4) is 0 Å². The normalized spacial score (nSPS) is 10.9. The number of hydrogen-bond donors (Lipinski definition) is 2. The molecule has 0 radical (unpaired) electrons. The molecule has 2 heterocycles. The zero-order valence-corrected chi connectivity index (χ0v) is 18.2. The minimum Gasteiger partial charge on any atom is -0.485 e. The van der Waals surface area contributed by atoms with Gasteiger partial charge in [-0.1, -0.05) is 24.3 Å². The molecule has 9 heteroatoms. The quantitative estimate of drug-likeness (QED) is 0.409. The molecule has 0 aliphatic heterocycles. The summed E-state index contributed by atoms with van der Waals surface area (Å²) in [5.74, 6) is -0.00529. The summed E-state index contributed by atoms with van der Waals surface area (Å²) in [5, 5.41) is 2.69. The minimum atomic E-state index is -3.89. The van der Waals surface area contributed by atoms with Gasteiger partial charge in [0.25, 0.3) is 15.9 Å². The SMILES string of the molecule is O=C(Nc1ccc(S(=O)(=O)Nc2ccccc2OCc2ccccn2)cc1)c1ccccn1. The molecule has 0 aliphatic carbocycles. The molecular weight excluding hydrogens is 440 g/mol. The average molecular weight is 461 g/mol. The van der Waals surface area contributed by atoms with E-state index < -0.39 is 10.0 Å². The van der Waals surface area contributed by atoms with Crippen molar-refractivity contribution in [2.24, 2.45) is 0 Å². The van der Waals surface area contributed by atoms with Crippen molar-refractivity contribution < 1.29 is 17.9 Å². The van der Waals surface area contributed by atoms with E-state index in [0.717, 1.165) is 5.69 Å². The van der Waals surface area contributed by atoms with Crippen LogP contribution in [-0.4, -0.2) is 24.3 Å². The predicted octanol–water partition coefficient (Wildman–Crippen LogP) is 4.11. The maximum atomic E-state index is 12.9. The molecule has 4 aromatic rings. The second-order valence-corrected chi connectivity index (χ2v) is 8.59. The van der Waals surface area contributed by atoms with Crippen molar-refractivity contribution in [3.63, 3.8) is 0 Å². The number of carbonyl (C=O) groups is 1. The molecule has 2 N–H and O–H groups in total. The smallest absolute Gasteiger partial charge is 0.274 e. The number of carbonyl (C=O) groups excluding carboxylic acids is 1. The highest BCUT2D eigenvalue weighted by Gasteiger charge is 2.17. The van der Waals surface area contributed by atoms with Crippen LogP contribution in [0, 0.1) is 0 Å². The van der Waals surface area contributed by atoms with Gasteiger partial charge in [0.2, 0.25) is 0 Å². The van der Waals surface area contributed by atoms with Crippen LogP contribution < -0.4 is 14.8 Å². The maximum Gasteiger partial charge on any atom is 0.274 e. The Morgan fingerprint density at radius 1 is 0.818 bits per heavy atom. The van der Waals surface area contributed by atoms with E-state index in [1.165, 1.54) is 30.5 Å². The fourth-order valence-electron chi connectivity index (χ4n) is 2.93. The van der Waals surface area contributed by atoms with E-state index in [1.54, 1.807) is 54.7 Å². The first-order valence-electron chi connectivity index (χ1n) is 9.98. The van der Waals surface area contributed by atoms with Crippen molar-refractivity contribution >= 4 is 27.3 Å². The van der Waals surface area contributed by atoms with Crippen molar-refractivity contribution in [2.45, 2.75) is 11.5 Å². The standard InChI is InChI=1S/C24H20N4O4S/c29-24(22-9-4-6-16-26-22)27-18-11-13-20(14-12-18)33(30,31)28-21-8-1-2-10-23(21)32-17-19-7-3-5-15-25-19/h1-16,28H,17H2,(H,27,29). The molecule has 8 nitrogen and oxygen atoms in total. The molecule has 2 aromatic carbocycles. The Bertz CT molecular complexity index is 1330. The molecule has 4 rings (SSSR count). The van der Waals surface area contributed by atoms with Crippen LogP contribution in [-0.2, 0) is 16.6 Å². The molecule has 166 valence electrons. The molecule has 0 bridgehead atoms. The van der Waals surface area contributed by atoms with E-state index in [4.69, 9.17) is 4.74 Å². The number of benzene rings is 2. The Kier molecular flexibility index (Phi) is 6.61. The number of para-hydroxylation sites is 2. The molecule has 2 aromatic heterocycles. The van der Waals surface area contributed by atoms with Crippen LogP contribution in [0.4, 0.5) is 11.4 Å². The number of aromatic nitrogens is 2. The Morgan fingerprint density at radius 2 is 1.52 bits per heavy atom. The highest BCUT2D eigenvalue weighted by molar-refractivity contribution is 7.92. The lowest BCUT2D eigenvalue weighted by molar-refractivity contribution is 0.102. The van der Waals surface area contributed by atoms with Crippen LogP contribution in [0.5, 0.6) is 5.75 Å². The second kappa shape index (κ2) is 9.92. The number of sulfonamides is 1. The van der Waals surface area contributed by atoms with Crippen LogP contribution in [0.1, 0.15) is 16.2 Å². The first-order chi connectivity index (χ1) is 16.0. The summed E-state index contributed by atoms with van der Waals surface area (Å²) < 4.78 is 34.1. The van der Waals surface area contributed by atoms with Crippen molar-refractivity contribution in [1.29, 1.82) is 0 Å². The first-order valence-corrected chi connectivity index (χ1v) is 11.5. The largest absolute Gasteiger partial charge is 0.485 e. The van der Waals surface area contributed by atoms with Gasteiger partial charge in [-0.05, 0) is 60.7 Å². The number of anilines is 2. The fraction of sp³-hybridized carbons (Fsp3) is 0.0417. The van der Waals surface area contributed by atoms with Crippen molar-refractivity contribution in [1.82, 2.24) is 9.97 Å². The van der Waals surface area contributed by atoms with Crippen LogP contribution >= 0.6 is 0 Å². The first kappa shape index (κ1) is 22.0. The van der Waals surface area contributed by atoms with Crippen molar-refractivity contribution in [3.8, 4) is 5.75 Å². The lowest BCUT2D eigenvalue weighted by Crippen LogP contribution is -2.15. The highest BCUT2D eigenvalue weighted by Crippen LogP contribution is 2.27. The average Bonchev–Trinajstić information content (AvgIpc) is 2.85. The number of nitrogens with one attached hydrogen (secondary N) is 2. The van der Waals surface area contributed by atoms with Gasteiger partial charge in [0.1, 0.15) is 18.1 Å². The topological polar surface area (TPSA) is 110 Å². The van der Waals surface area contributed by atoms with Gasteiger partial charge >= 0.3 is 0 Å². The van der Waals surface area contributed by atoms with Gasteiger partial charge in [-0.15, -0.1) is 0 Å². The van der Waals surface area contributed by atoms with Gasteiger partial charge in [0.15, 0.2) is 0 Å². The molecule has 0 fully saturated rings. The van der Waals surface area contributed by atoms with Crippen molar-refractivity contribution in [3.05, 3.63) is 109 Å². The van der Waals surface area contributed by atoms with Gasteiger partial charge < -0.3 is 10.1 Å². The molecular formula is C24H20N4O4S. The number of amides is 1. The summed E-state index contributed by atoms with van der Waals surface area (Å²) in [5.41, 5.74) is 1.74. The number of pyridine rings is 2. The summed E-state index contributed by atoms with van der Waals surface area (Å²) in [4.78, 5) is 20.4. The molecule has 0 saturated carbocycles. The predicted molar refractivity (Wildman–Crippen MR) is 124 cm³/mol. The summed E-state index contributed by atoms with van der Waals surface area (Å²) in [6.07, 6.45) is 3.18. The van der Waals surface area contributed by atoms with E-state index in [2.05, 4.69) is 20.0 Å². The Hall–Kier alpha value is -4.24. The minimum absolute atomic E-state index is 0.0397. The lowest BCUT2D eigenvalue weighted by Gasteiger charge is -2.14. The molecule has 0 unspecified atom stereocenters. The molecule has 0 aliphatic rings. The number of nitrogens with zero attached hydrogens (tertiary/aromatic N) is 2. The van der Waals surface area contributed by atoms with E-state index >= 15 is 0 Å². The number of ether oxygens (including phenoxy) is 1. The van der Waals surface area contributed by atoms with E-state index in [1.807, 2.05) is 12.1 Å². The van der Waals surface area contributed by atoms with E-state index in [0.29, 0.717) is 17.1 Å². The Balaban J connectivity index is 1.45. The van der Waals surface area contributed by atoms with Crippen LogP contribution in [0.25, 0.3) is 0 Å². The zero-order chi connectivity index (χ0) is 23.1. The van der Waals surface area contributed by atoms with Gasteiger partial charge in [0.05, 0.1) is 16.3 Å². The zero-order valence-electron chi connectivity index (χ0n) is 17.4. The van der Waals surface area contributed by atoms with Gasteiger partial charge in [0, 0.05) is 18.1 Å². The van der Waals surface area contributed by atoms with Crippen LogP contribution in [0.2, 0.25) is 0 Å². The Labute approximate surface area is 191 Å². The van der Waals surface area contributed by atoms with Crippen molar-refractivity contribution in [2.75, 3.05) is 10.0 Å². The summed E-state index contributed by atoms with van der Waals surface area (Å²) in [7, 11) is -3.89. The van der Waals surface area contributed by atoms with Gasteiger partial charge in [-0.3, -0.25) is 19.5 Å². The third kappa shape index (κ3) is 5.72. The number of hydrogen-bond acceptors (Lipinski definition) is 6. The molecule has 0 spiro atoms. The molecule has 33 heavy (non-hydrogen) atoms. The molecule has 0 atom stereocenters. The number of rotatable bonds is 8. The van der Waals surface area contributed by atoms with Crippen LogP contribution in [0.15, 0.2) is 102 Å². The monoisotopic (exact) mass is 460 g/mol. The van der Waals surface area contributed by atoms with E-state index in [-0.39, 0.29) is 23.1 Å². The summed E-state index contributed by atoms with van der Waals surface area (Å²) in [6, 6.07) is 23.1. The lowest BCUT2D eigenvalue weighted by atomic mass is 10.3. The third-order valence-electron chi connectivity index (χ3n) is 4.55. The van der Waals surface area contributed by atoms with Gasteiger partial charge in [-0.25, -0.2) is 8.42 Å². The van der Waals surface area contributed by atoms with E-state index in [9.17, 15) is 13.2 Å². The van der Waals surface area contributed by atoms with Gasteiger partial charge in [-0.2, -0.15) is 0 Å². The summed E-state index contributed by atoms with van der Waals surface area (Å²) >= 11 is 0. The Morgan fingerprint density at radius 3 is 2.21 bits per heavy atom. The fourth-order valence-corrected chi connectivity index (χ4v) is 4.00.